The van der Waals surface area contributed by atoms with E-state index in [1.54, 1.807) is 24.3 Å². The van der Waals surface area contributed by atoms with Crippen LogP contribution in [0.3, 0.4) is 0 Å². The molecule has 0 bridgehead atoms. The Hall–Kier alpha value is -0.930. The molecule has 6 heteroatoms. The van der Waals surface area contributed by atoms with Gasteiger partial charge in [-0.3, -0.25) is 0 Å². The molecule has 0 saturated carbocycles. The van der Waals surface area contributed by atoms with Gasteiger partial charge in [-0.2, -0.15) is 0 Å². The molecule has 0 aromatic heterocycles. The van der Waals surface area contributed by atoms with Crippen molar-refractivity contribution in [3.63, 3.8) is 0 Å². The number of benzene rings is 2. The molecule has 0 spiro atoms. The second-order valence-electron chi connectivity index (χ2n) is 3.57. The number of carbonyl (C=O) groups excluding carboxylic acids is 1. The molecule has 2 rings (SSSR count). The Morgan fingerprint density at radius 2 is 1.47 bits per heavy atom. The molecule has 0 heterocycles. The van der Waals surface area contributed by atoms with Crippen molar-refractivity contribution in [3.8, 4) is 5.75 Å². The summed E-state index contributed by atoms with van der Waals surface area (Å²) in [5, 5.41) is 1.01. The lowest BCUT2D eigenvalue weighted by Crippen LogP contribution is -2.09. The molecule has 0 amide bonds. The zero-order valence-corrected chi connectivity index (χ0v) is 12.3. The van der Waals surface area contributed by atoms with Crippen LogP contribution in [0.15, 0.2) is 36.4 Å². The van der Waals surface area contributed by atoms with Gasteiger partial charge in [-0.05, 0) is 18.2 Å². The average Bonchev–Trinajstić information content (AvgIpc) is 2.36. The highest BCUT2D eigenvalue weighted by molar-refractivity contribution is 6.43. The molecule has 0 N–H and O–H groups in total. The third-order valence-electron chi connectivity index (χ3n) is 2.27. The summed E-state index contributed by atoms with van der Waals surface area (Å²) in [6.07, 6.45) is 0. The molecule has 0 unspecified atom stereocenters. The van der Waals surface area contributed by atoms with Gasteiger partial charge in [0.1, 0.15) is 0 Å². The summed E-state index contributed by atoms with van der Waals surface area (Å²) >= 11 is 23.4. The third-order valence-corrected chi connectivity index (χ3v) is 3.62. The van der Waals surface area contributed by atoms with Crippen LogP contribution in [-0.2, 0) is 0 Å². The zero-order chi connectivity index (χ0) is 14.0. The van der Waals surface area contributed by atoms with E-state index in [0.29, 0.717) is 5.02 Å². The van der Waals surface area contributed by atoms with Crippen molar-refractivity contribution in [2.24, 2.45) is 0 Å². The van der Waals surface area contributed by atoms with E-state index in [2.05, 4.69) is 0 Å². The van der Waals surface area contributed by atoms with Crippen molar-refractivity contribution in [2.45, 2.75) is 0 Å². The molecule has 0 aliphatic carbocycles. The summed E-state index contributed by atoms with van der Waals surface area (Å²) in [7, 11) is 0. The number of halogens is 4. The first-order valence-electron chi connectivity index (χ1n) is 5.10. The minimum absolute atomic E-state index is 0.126. The van der Waals surface area contributed by atoms with Crippen LogP contribution in [0.4, 0.5) is 0 Å². The Balaban J connectivity index is 2.30. The van der Waals surface area contributed by atoms with Crippen LogP contribution < -0.4 is 4.74 Å². The van der Waals surface area contributed by atoms with Crippen molar-refractivity contribution in [3.05, 3.63) is 62.1 Å². The normalized spacial score (nSPS) is 10.3. The lowest BCUT2D eigenvalue weighted by atomic mass is 10.2. The highest BCUT2D eigenvalue weighted by Gasteiger charge is 2.15. The van der Waals surface area contributed by atoms with E-state index in [1.807, 2.05) is 0 Å². The average molecular weight is 336 g/mol. The van der Waals surface area contributed by atoms with Gasteiger partial charge in [0.05, 0.1) is 25.7 Å². The SMILES string of the molecule is O=C(Oc1cc(Cl)c(Cl)cc1Cl)c1ccccc1Cl. The maximum atomic E-state index is 11.9. The molecule has 2 aromatic carbocycles. The molecule has 0 atom stereocenters. The monoisotopic (exact) mass is 334 g/mol. The van der Waals surface area contributed by atoms with Crippen LogP contribution in [0.25, 0.3) is 0 Å². The van der Waals surface area contributed by atoms with Gasteiger partial charge < -0.3 is 4.74 Å². The Morgan fingerprint density at radius 1 is 0.842 bits per heavy atom. The fourth-order valence-corrected chi connectivity index (χ4v) is 2.15. The molecular formula is C13H6Cl4O2. The molecule has 0 saturated heterocycles. The van der Waals surface area contributed by atoms with E-state index in [0.717, 1.165) is 0 Å². The van der Waals surface area contributed by atoms with Crippen LogP contribution in [0, 0.1) is 0 Å². The van der Waals surface area contributed by atoms with Gasteiger partial charge in [0, 0.05) is 6.07 Å². The summed E-state index contributed by atoms with van der Waals surface area (Å²) in [4.78, 5) is 11.9. The van der Waals surface area contributed by atoms with Gasteiger partial charge in [-0.1, -0.05) is 58.5 Å². The van der Waals surface area contributed by atoms with Crippen molar-refractivity contribution >= 4 is 52.4 Å². The Morgan fingerprint density at radius 3 is 2.16 bits per heavy atom. The van der Waals surface area contributed by atoms with Gasteiger partial charge in [-0.25, -0.2) is 4.79 Å². The molecule has 2 nitrogen and oxygen atoms in total. The van der Waals surface area contributed by atoms with Crippen LogP contribution in [0.1, 0.15) is 10.4 Å². The predicted octanol–water partition coefficient (Wildman–Crippen LogP) is 5.52. The summed E-state index contributed by atoms with van der Waals surface area (Å²) in [5.74, 6) is -0.494. The molecule has 19 heavy (non-hydrogen) atoms. The molecule has 98 valence electrons. The minimum atomic E-state index is -0.620. The summed E-state index contributed by atoms with van der Waals surface area (Å²) in [6, 6.07) is 9.32. The number of esters is 1. The highest BCUT2D eigenvalue weighted by Crippen LogP contribution is 2.34. The topological polar surface area (TPSA) is 26.3 Å². The third kappa shape index (κ3) is 3.34. The molecule has 0 fully saturated rings. The van der Waals surface area contributed by atoms with E-state index in [4.69, 9.17) is 51.1 Å². The second kappa shape index (κ2) is 6.02. The lowest BCUT2D eigenvalue weighted by molar-refractivity contribution is 0.0735. The number of hydrogen-bond donors (Lipinski definition) is 0. The Bertz CT molecular complexity index is 641. The van der Waals surface area contributed by atoms with E-state index in [-0.39, 0.29) is 26.4 Å². The standard InChI is InChI=1S/C13H6Cl4O2/c14-8-4-2-1-3-7(8)13(18)19-12-6-10(16)9(15)5-11(12)17/h1-6H. The molecular weight excluding hydrogens is 330 g/mol. The van der Waals surface area contributed by atoms with Gasteiger partial charge in [0.15, 0.2) is 5.75 Å². The minimum Gasteiger partial charge on any atom is -0.421 e. The van der Waals surface area contributed by atoms with Gasteiger partial charge in [-0.15, -0.1) is 0 Å². The van der Waals surface area contributed by atoms with Crippen molar-refractivity contribution in [2.75, 3.05) is 0 Å². The summed E-state index contributed by atoms with van der Waals surface area (Å²) in [6.45, 7) is 0. The van der Waals surface area contributed by atoms with Gasteiger partial charge >= 0.3 is 5.97 Å². The number of hydrogen-bond acceptors (Lipinski definition) is 2. The van der Waals surface area contributed by atoms with Crippen molar-refractivity contribution in [1.29, 1.82) is 0 Å². The predicted molar refractivity (Wildman–Crippen MR) is 77.9 cm³/mol. The van der Waals surface area contributed by atoms with Gasteiger partial charge in [0.2, 0.25) is 0 Å². The number of rotatable bonds is 2. The molecule has 0 aliphatic heterocycles. The summed E-state index contributed by atoms with van der Waals surface area (Å²) < 4.78 is 5.15. The van der Waals surface area contributed by atoms with Crippen LogP contribution in [-0.4, -0.2) is 5.97 Å². The van der Waals surface area contributed by atoms with Crippen LogP contribution >= 0.6 is 46.4 Å². The largest absolute Gasteiger partial charge is 0.421 e. The Kier molecular flexibility index (Phi) is 4.58. The number of ether oxygens (including phenoxy) is 1. The molecule has 2 aromatic rings. The fraction of sp³-hybridized carbons (Fsp3) is 0. The number of carbonyl (C=O) groups is 1. The van der Waals surface area contributed by atoms with Crippen molar-refractivity contribution in [1.82, 2.24) is 0 Å². The van der Waals surface area contributed by atoms with Crippen LogP contribution in [0.5, 0.6) is 5.75 Å². The van der Waals surface area contributed by atoms with E-state index in [1.165, 1.54) is 12.1 Å². The van der Waals surface area contributed by atoms with Crippen LogP contribution in [0.2, 0.25) is 20.1 Å². The lowest BCUT2D eigenvalue weighted by Gasteiger charge is -2.08. The molecule has 0 aliphatic rings. The molecule has 0 radical (unpaired) electrons. The van der Waals surface area contributed by atoms with E-state index < -0.39 is 5.97 Å². The first kappa shape index (κ1) is 14.5. The first-order chi connectivity index (χ1) is 8.99. The maximum Gasteiger partial charge on any atom is 0.345 e. The van der Waals surface area contributed by atoms with Crippen molar-refractivity contribution < 1.29 is 9.53 Å². The maximum absolute atomic E-state index is 11.9. The van der Waals surface area contributed by atoms with E-state index >= 15 is 0 Å². The zero-order valence-electron chi connectivity index (χ0n) is 9.29. The Labute approximate surface area is 129 Å². The van der Waals surface area contributed by atoms with E-state index in [9.17, 15) is 4.79 Å². The quantitative estimate of drug-likeness (QED) is 0.410. The smallest absolute Gasteiger partial charge is 0.345 e. The highest BCUT2D eigenvalue weighted by atomic mass is 35.5. The van der Waals surface area contributed by atoms with Gasteiger partial charge in [0.25, 0.3) is 0 Å². The fourth-order valence-electron chi connectivity index (χ4n) is 1.36. The first-order valence-corrected chi connectivity index (χ1v) is 6.61. The second-order valence-corrected chi connectivity index (χ2v) is 5.19. The summed E-state index contributed by atoms with van der Waals surface area (Å²) in [5.41, 5.74) is 0.242.